The summed E-state index contributed by atoms with van der Waals surface area (Å²) in [6, 6.07) is 15.4. The summed E-state index contributed by atoms with van der Waals surface area (Å²) in [6.45, 7) is 5.55. The Kier molecular flexibility index (Phi) is 4.73. The molecule has 1 fully saturated rings. The van der Waals surface area contributed by atoms with Crippen LogP contribution in [0.4, 0.5) is 11.5 Å². The molecule has 2 aromatic carbocycles. The monoisotopic (exact) mass is 361 g/mol. The second kappa shape index (κ2) is 7.32. The van der Waals surface area contributed by atoms with E-state index >= 15 is 0 Å². The van der Waals surface area contributed by atoms with Crippen molar-refractivity contribution in [2.24, 2.45) is 0 Å². The molecule has 1 aromatic heterocycles. The molecule has 0 aliphatic carbocycles. The zero-order valence-electron chi connectivity index (χ0n) is 15.6. The number of carbonyl (C=O) groups is 1. The second-order valence-electron chi connectivity index (χ2n) is 7.00. The Morgan fingerprint density at radius 1 is 0.926 bits per heavy atom. The highest BCUT2D eigenvalue weighted by Crippen LogP contribution is 2.23. The topological polar surface area (TPSA) is 61.4 Å². The maximum atomic E-state index is 13.0. The average molecular weight is 361 g/mol. The first kappa shape index (κ1) is 17.4. The lowest BCUT2D eigenvalue weighted by atomic mass is 10.2. The van der Waals surface area contributed by atoms with Crippen LogP contribution in [0.2, 0.25) is 0 Å². The lowest BCUT2D eigenvalue weighted by Gasteiger charge is -2.33. The molecule has 1 saturated heterocycles. The molecule has 1 N–H and O–H groups in total. The minimum absolute atomic E-state index is 0.231. The molecular formula is C21H23N5O. The van der Waals surface area contributed by atoms with E-state index in [2.05, 4.69) is 27.1 Å². The molecule has 0 bridgehead atoms. The molecule has 4 rings (SSSR count). The number of aryl methyl sites for hydroxylation is 1. The minimum Gasteiger partial charge on any atom is -0.352 e. The average Bonchev–Trinajstić information content (AvgIpc) is 2.69. The van der Waals surface area contributed by atoms with E-state index in [1.54, 1.807) is 0 Å². The second-order valence-corrected chi connectivity index (χ2v) is 7.00. The third kappa shape index (κ3) is 3.75. The van der Waals surface area contributed by atoms with Crippen molar-refractivity contribution in [1.29, 1.82) is 0 Å². The summed E-state index contributed by atoms with van der Waals surface area (Å²) in [4.78, 5) is 26.9. The van der Waals surface area contributed by atoms with Gasteiger partial charge in [-0.1, -0.05) is 29.8 Å². The number of para-hydroxylation sites is 2. The van der Waals surface area contributed by atoms with Crippen LogP contribution in [0.25, 0.3) is 11.0 Å². The molecule has 3 aromatic rings. The van der Waals surface area contributed by atoms with Crippen LogP contribution in [-0.4, -0.2) is 54.0 Å². The fraction of sp³-hybridized carbons (Fsp3) is 0.286. The van der Waals surface area contributed by atoms with Crippen molar-refractivity contribution in [2.45, 2.75) is 6.92 Å². The highest BCUT2D eigenvalue weighted by Gasteiger charge is 2.24. The number of nitrogens with zero attached hydrogens (tertiary/aromatic N) is 4. The molecule has 1 aliphatic rings. The highest BCUT2D eigenvalue weighted by atomic mass is 16.1. The van der Waals surface area contributed by atoms with Gasteiger partial charge >= 0.3 is 0 Å². The number of benzene rings is 2. The molecule has 6 nitrogen and oxygen atoms in total. The molecule has 2 heterocycles. The number of likely N-dealkylation sites (N-methyl/N-ethyl adjacent to an activating group) is 1. The van der Waals surface area contributed by atoms with Crippen LogP contribution in [0.15, 0.2) is 48.5 Å². The van der Waals surface area contributed by atoms with E-state index in [1.165, 1.54) is 0 Å². The highest BCUT2D eigenvalue weighted by molar-refractivity contribution is 6.07. The number of anilines is 2. The molecule has 27 heavy (non-hydrogen) atoms. The van der Waals surface area contributed by atoms with Crippen molar-refractivity contribution in [3.63, 3.8) is 0 Å². The van der Waals surface area contributed by atoms with Crippen molar-refractivity contribution < 1.29 is 4.79 Å². The normalized spacial score (nSPS) is 15.1. The number of fused-ring (bicyclic) bond motifs is 1. The minimum atomic E-state index is -0.231. The van der Waals surface area contributed by atoms with E-state index in [4.69, 9.17) is 4.98 Å². The molecule has 1 amide bonds. The van der Waals surface area contributed by atoms with Crippen LogP contribution >= 0.6 is 0 Å². The summed E-state index contributed by atoms with van der Waals surface area (Å²) in [5.41, 5.74) is 3.81. The number of amides is 1. The number of nitrogens with one attached hydrogen (secondary N) is 1. The summed E-state index contributed by atoms with van der Waals surface area (Å²) in [6.07, 6.45) is 0. The van der Waals surface area contributed by atoms with Crippen LogP contribution in [0, 0.1) is 6.92 Å². The molecule has 1 aliphatic heterocycles. The lowest BCUT2D eigenvalue weighted by molar-refractivity contribution is 0.102. The molecule has 0 spiro atoms. The fourth-order valence-corrected chi connectivity index (χ4v) is 3.21. The van der Waals surface area contributed by atoms with Gasteiger partial charge in [-0.2, -0.15) is 0 Å². The van der Waals surface area contributed by atoms with Gasteiger partial charge < -0.3 is 15.1 Å². The molecule has 0 radical (unpaired) electrons. The first-order valence-electron chi connectivity index (χ1n) is 9.18. The van der Waals surface area contributed by atoms with E-state index in [0.717, 1.165) is 48.5 Å². The third-order valence-electron chi connectivity index (χ3n) is 4.88. The van der Waals surface area contributed by atoms with E-state index in [0.29, 0.717) is 11.5 Å². The number of aromatic nitrogens is 2. The third-order valence-corrected chi connectivity index (χ3v) is 4.88. The molecule has 0 atom stereocenters. The van der Waals surface area contributed by atoms with Crippen molar-refractivity contribution in [3.8, 4) is 0 Å². The summed E-state index contributed by atoms with van der Waals surface area (Å²) in [5.74, 6) is 0.428. The van der Waals surface area contributed by atoms with E-state index in [9.17, 15) is 4.79 Å². The van der Waals surface area contributed by atoms with Gasteiger partial charge in [0.25, 0.3) is 5.91 Å². The van der Waals surface area contributed by atoms with Gasteiger partial charge in [-0.25, -0.2) is 9.97 Å². The Balaban J connectivity index is 1.71. The predicted molar refractivity (Wildman–Crippen MR) is 108 cm³/mol. The van der Waals surface area contributed by atoms with Crippen molar-refractivity contribution in [1.82, 2.24) is 14.9 Å². The predicted octanol–water partition coefficient (Wildman–Crippen LogP) is 2.94. The molecular weight excluding hydrogens is 338 g/mol. The van der Waals surface area contributed by atoms with E-state index in [-0.39, 0.29) is 5.91 Å². The quantitative estimate of drug-likeness (QED) is 0.777. The van der Waals surface area contributed by atoms with E-state index in [1.807, 2.05) is 55.5 Å². The largest absolute Gasteiger partial charge is 0.352 e. The number of carbonyl (C=O) groups excluding carboxylic acids is 1. The Labute approximate surface area is 158 Å². The zero-order chi connectivity index (χ0) is 18.8. The van der Waals surface area contributed by atoms with Gasteiger partial charge in [0.05, 0.1) is 11.0 Å². The van der Waals surface area contributed by atoms with Crippen molar-refractivity contribution in [2.75, 3.05) is 43.4 Å². The molecule has 6 heteroatoms. The maximum absolute atomic E-state index is 13.0. The smallest absolute Gasteiger partial charge is 0.278 e. The van der Waals surface area contributed by atoms with Crippen LogP contribution in [0.5, 0.6) is 0 Å². The van der Waals surface area contributed by atoms with Crippen LogP contribution in [-0.2, 0) is 0 Å². The van der Waals surface area contributed by atoms with Gasteiger partial charge in [-0.3, -0.25) is 4.79 Å². The van der Waals surface area contributed by atoms with Crippen molar-refractivity contribution in [3.05, 3.63) is 59.8 Å². The molecule has 138 valence electrons. The Morgan fingerprint density at radius 2 is 1.56 bits per heavy atom. The summed E-state index contributed by atoms with van der Waals surface area (Å²) >= 11 is 0. The van der Waals surface area contributed by atoms with Gasteiger partial charge in [0.1, 0.15) is 0 Å². The Morgan fingerprint density at radius 3 is 2.22 bits per heavy atom. The van der Waals surface area contributed by atoms with Crippen LogP contribution in [0.3, 0.4) is 0 Å². The Hall–Kier alpha value is -2.99. The van der Waals surface area contributed by atoms with Gasteiger partial charge in [0, 0.05) is 31.9 Å². The van der Waals surface area contributed by atoms with Gasteiger partial charge in [0.2, 0.25) is 0 Å². The number of hydrogen-bond acceptors (Lipinski definition) is 5. The SMILES string of the molecule is Cc1ccc(NC(=O)c2nc3ccccc3nc2N2CCN(C)CC2)cc1. The molecule has 0 unspecified atom stereocenters. The standard InChI is InChI=1S/C21H23N5O/c1-15-7-9-16(10-8-15)22-21(27)19-20(26-13-11-25(2)12-14-26)24-18-6-4-3-5-17(18)23-19/h3-10H,11-14H2,1-2H3,(H,22,27). The molecule has 0 saturated carbocycles. The van der Waals surface area contributed by atoms with Crippen molar-refractivity contribution >= 4 is 28.4 Å². The van der Waals surface area contributed by atoms with E-state index < -0.39 is 0 Å². The fourth-order valence-electron chi connectivity index (χ4n) is 3.21. The first-order chi connectivity index (χ1) is 13.1. The van der Waals surface area contributed by atoms with Crippen LogP contribution < -0.4 is 10.2 Å². The number of piperazine rings is 1. The Bertz CT molecular complexity index is 962. The summed E-state index contributed by atoms with van der Waals surface area (Å²) in [7, 11) is 2.11. The first-order valence-corrected chi connectivity index (χ1v) is 9.18. The van der Waals surface area contributed by atoms with Crippen LogP contribution in [0.1, 0.15) is 16.1 Å². The van der Waals surface area contributed by atoms with Gasteiger partial charge in [-0.15, -0.1) is 0 Å². The lowest BCUT2D eigenvalue weighted by Crippen LogP contribution is -2.45. The number of rotatable bonds is 3. The van der Waals surface area contributed by atoms with Gasteiger partial charge in [0.15, 0.2) is 11.5 Å². The summed E-state index contributed by atoms with van der Waals surface area (Å²) < 4.78 is 0. The van der Waals surface area contributed by atoms with Gasteiger partial charge in [-0.05, 0) is 38.2 Å². The number of hydrogen-bond donors (Lipinski definition) is 1. The zero-order valence-corrected chi connectivity index (χ0v) is 15.6. The summed E-state index contributed by atoms with van der Waals surface area (Å²) in [5, 5.41) is 2.96. The maximum Gasteiger partial charge on any atom is 0.278 e.